The predicted octanol–water partition coefficient (Wildman–Crippen LogP) is 9.54. The molecule has 0 aliphatic carbocycles. The van der Waals surface area contributed by atoms with Crippen LogP contribution in [-0.2, 0) is 17.4 Å². The number of hydrogen-bond acceptors (Lipinski definition) is 2. The fraction of sp³-hybridized carbons (Fsp3) is 0.471. The molecule has 3 aromatic rings. The van der Waals surface area contributed by atoms with Crippen LogP contribution in [-0.4, -0.2) is 10.2 Å². The first-order valence-electron chi connectivity index (χ1n) is 13.6. The van der Waals surface area contributed by atoms with Gasteiger partial charge in [0.05, 0.1) is 6.61 Å². The van der Waals surface area contributed by atoms with E-state index in [1.807, 2.05) is 60.6 Å². The van der Waals surface area contributed by atoms with E-state index in [1.54, 1.807) is 0 Å². The van der Waals surface area contributed by atoms with Crippen molar-refractivity contribution in [1.29, 1.82) is 0 Å². The van der Waals surface area contributed by atoms with E-state index >= 15 is 0 Å². The van der Waals surface area contributed by atoms with Crippen molar-refractivity contribution >= 4 is 0 Å². The first kappa shape index (κ1) is 33.4. The van der Waals surface area contributed by atoms with Crippen LogP contribution in [0.3, 0.4) is 0 Å². The highest BCUT2D eigenvalue weighted by Gasteiger charge is 2.27. The summed E-state index contributed by atoms with van der Waals surface area (Å²) in [6.45, 7) is 26.9. The average Bonchev–Trinajstić information content (AvgIpc) is 2.88. The van der Waals surface area contributed by atoms with Crippen LogP contribution in [0.5, 0.6) is 5.75 Å². The van der Waals surface area contributed by atoms with Crippen molar-refractivity contribution in [2.75, 3.05) is 0 Å². The number of phenols is 1. The van der Waals surface area contributed by atoms with Gasteiger partial charge in [0.1, 0.15) is 5.75 Å². The normalized spacial score (nSPS) is 10.7. The highest BCUT2D eigenvalue weighted by molar-refractivity contribution is 5.49. The monoisotopic (exact) mass is 492 g/mol. The van der Waals surface area contributed by atoms with Crippen LogP contribution in [0.4, 0.5) is 0 Å². The molecule has 0 amide bonds. The quantitative estimate of drug-likeness (QED) is 0.372. The molecular weight excluding hydrogens is 440 g/mol. The molecule has 3 rings (SSSR count). The molecule has 2 nitrogen and oxygen atoms in total. The number of rotatable bonds is 5. The van der Waals surface area contributed by atoms with E-state index in [0.717, 1.165) is 11.1 Å². The molecule has 0 saturated carbocycles. The lowest BCUT2D eigenvalue weighted by atomic mass is 9.74. The Labute approximate surface area is 222 Å². The number of aryl methyl sites for hydroxylation is 3. The number of aliphatic hydroxyl groups excluding tert-OH is 1. The van der Waals surface area contributed by atoms with Crippen molar-refractivity contribution in [3.63, 3.8) is 0 Å². The van der Waals surface area contributed by atoms with Crippen LogP contribution >= 0.6 is 0 Å². The van der Waals surface area contributed by atoms with Crippen LogP contribution in [0.15, 0.2) is 54.6 Å². The Balaban J connectivity index is 0.00000190. The standard InChI is InChI=1S/C28H34O2.3C2H6/c1-18-12-19(2)14-24(13-18)27(4,5)22-8-10-23(11-9-22)28(6,7)25-15-20(3)26(30)21(16-25)17-29;3*1-2/h8-16,29-30H,17H2,1-7H3;3*1-2H3. The summed E-state index contributed by atoms with van der Waals surface area (Å²) in [6, 6.07) is 19.6. The van der Waals surface area contributed by atoms with Gasteiger partial charge in [-0.05, 0) is 54.7 Å². The number of aliphatic hydroxyl groups is 1. The third kappa shape index (κ3) is 7.71. The lowest BCUT2D eigenvalue weighted by molar-refractivity contribution is 0.275. The van der Waals surface area contributed by atoms with Gasteiger partial charge >= 0.3 is 0 Å². The third-order valence-corrected chi connectivity index (χ3v) is 6.54. The molecule has 2 heteroatoms. The minimum absolute atomic E-state index is 0.0847. The predicted molar refractivity (Wildman–Crippen MR) is 159 cm³/mol. The molecule has 0 aliphatic heterocycles. The van der Waals surface area contributed by atoms with Crippen molar-refractivity contribution in [2.24, 2.45) is 0 Å². The second-order valence-electron chi connectivity index (χ2n) is 9.66. The maximum atomic E-state index is 10.2. The topological polar surface area (TPSA) is 40.5 Å². The largest absolute Gasteiger partial charge is 0.507 e. The molecule has 0 bridgehead atoms. The SMILES string of the molecule is CC.CC.CC.Cc1cc(C)cc(C(C)(C)c2ccc(C(C)(C)c3cc(C)c(O)c(CO)c3)cc2)c1. The van der Waals surface area contributed by atoms with Gasteiger partial charge in [-0.25, -0.2) is 0 Å². The maximum absolute atomic E-state index is 10.2. The molecule has 200 valence electrons. The fourth-order valence-corrected chi connectivity index (χ4v) is 4.31. The average molecular weight is 493 g/mol. The molecule has 0 fully saturated rings. The molecule has 0 unspecified atom stereocenters. The van der Waals surface area contributed by atoms with Crippen LogP contribution in [0.1, 0.15) is 114 Å². The fourth-order valence-electron chi connectivity index (χ4n) is 4.31. The highest BCUT2D eigenvalue weighted by Crippen LogP contribution is 2.38. The minimum Gasteiger partial charge on any atom is -0.507 e. The van der Waals surface area contributed by atoms with Crippen molar-refractivity contribution in [2.45, 2.75) is 107 Å². The van der Waals surface area contributed by atoms with E-state index in [9.17, 15) is 10.2 Å². The molecule has 0 heterocycles. The Hall–Kier alpha value is -2.58. The van der Waals surface area contributed by atoms with Crippen LogP contribution in [0, 0.1) is 20.8 Å². The molecule has 0 radical (unpaired) electrons. The zero-order valence-electron chi connectivity index (χ0n) is 25.3. The van der Waals surface area contributed by atoms with E-state index in [2.05, 4.69) is 84.0 Å². The zero-order valence-corrected chi connectivity index (χ0v) is 25.3. The Kier molecular flexibility index (Phi) is 13.8. The molecule has 3 aromatic carbocycles. The van der Waals surface area contributed by atoms with Gasteiger partial charge in [-0.3, -0.25) is 0 Å². The third-order valence-electron chi connectivity index (χ3n) is 6.54. The highest BCUT2D eigenvalue weighted by atomic mass is 16.3. The Morgan fingerprint density at radius 2 is 0.917 bits per heavy atom. The second kappa shape index (κ2) is 14.9. The van der Waals surface area contributed by atoms with Crippen molar-refractivity contribution in [3.05, 3.63) is 99.1 Å². The number of hydrogen-bond donors (Lipinski definition) is 2. The molecule has 0 atom stereocenters. The van der Waals surface area contributed by atoms with Gasteiger partial charge < -0.3 is 10.2 Å². The van der Waals surface area contributed by atoms with Crippen molar-refractivity contribution in [1.82, 2.24) is 0 Å². The van der Waals surface area contributed by atoms with Gasteiger partial charge in [0.25, 0.3) is 0 Å². The second-order valence-corrected chi connectivity index (χ2v) is 9.66. The molecule has 0 aliphatic rings. The Morgan fingerprint density at radius 1 is 0.556 bits per heavy atom. The smallest absolute Gasteiger partial charge is 0.124 e. The molecule has 36 heavy (non-hydrogen) atoms. The van der Waals surface area contributed by atoms with Gasteiger partial charge in [-0.1, -0.05) is 129 Å². The lowest BCUT2D eigenvalue weighted by Crippen LogP contribution is -2.22. The van der Waals surface area contributed by atoms with E-state index in [4.69, 9.17) is 0 Å². The summed E-state index contributed by atoms with van der Waals surface area (Å²) in [5, 5.41) is 19.8. The van der Waals surface area contributed by atoms with E-state index in [1.165, 1.54) is 27.8 Å². The van der Waals surface area contributed by atoms with Gasteiger partial charge in [0.15, 0.2) is 0 Å². The van der Waals surface area contributed by atoms with Gasteiger partial charge in [0.2, 0.25) is 0 Å². The Bertz CT molecular complexity index is 1040. The lowest BCUT2D eigenvalue weighted by Gasteiger charge is -2.30. The van der Waals surface area contributed by atoms with Crippen LogP contribution < -0.4 is 0 Å². The number of aromatic hydroxyl groups is 1. The van der Waals surface area contributed by atoms with Gasteiger partial charge in [-0.15, -0.1) is 0 Å². The zero-order chi connectivity index (χ0) is 28.3. The van der Waals surface area contributed by atoms with E-state index in [0.29, 0.717) is 5.56 Å². The minimum atomic E-state index is -0.245. The number of benzene rings is 3. The summed E-state index contributed by atoms with van der Waals surface area (Å²) in [6.07, 6.45) is 0. The van der Waals surface area contributed by atoms with Gasteiger partial charge in [0, 0.05) is 16.4 Å². The molecule has 0 aromatic heterocycles. The first-order chi connectivity index (χ1) is 17.0. The Morgan fingerprint density at radius 3 is 1.28 bits per heavy atom. The molecule has 0 spiro atoms. The van der Waals surface area contributed by atoms with Crippen molar-refractivity contribution in [3.8, 4) is 5.75 Å². The molecule has 0 saturated heterocycles. The van der Waals surface area contributed by atoms with E-state index < -0.39 is 0 Å². The summed E-state index contributed by atoms with van der Waals surface area (Å²) in [5.74, 6) is 0.183. The van der Waals surface area contributed by atoms with Crippen molar-refractivity contribution < 1.29 is 10.2 Å². The van der Waals surface area contributed by atoms with Crippen LogP contribution in [0.2, 0.25) is 0 Å². The maximum Gasteiger partial charge on any atom is 0.124 e. The summed E-state index contributed by atoms with van der Waals surface area (Å²) in [5.41, 5.74) is 8.52. The summed E-state index contributed by atoms with van der Waals surface area (Å²) in [4.78, 5) is 0. The molecule has 2 N–H and O–H groups in total. The molecular formula is C34H52O2. The van der Waals surface area contributed by atoms with Gasteiger partial charge in [-0.2, -0.15) is 0 Å². The summed E-state index contributed by atoms with van der Waals surface area (Å²) in [7, 11) is 0. The van der Waals surface area contributed by atoms with E-state index in [-0.39, 0.29) is 23.2 Å². The van der Waals surface area contributed by atoms with Crippen LogP contribution in [0.25, 0.3) is 0 Å². The first-order valence-corrected chi connectivity index (χ1v) is 13.6. The summed E-state index contributed by atoms with van der Waals surface area (Å²) < 4.78 is 0. The summed E-state index contributed by atoms with van der Waals surface area (Å²) >= 11 is 0.